The van der Waals surface area contributed by atoms with Crippen LogP contribution in [0.15, 0.2) is 258 Å². The molecule has 4 heterocycles. The Balaban J connectivity index is 0.000000369. The van der Waals surface area contributed by atoms with Gasteiger partial charge in [-0.05, 0) is 298 Å². The number of nitrogens with zero attached hydrogens (tertiary/aromatic N) is 12. The van der Waals surface area contributed by atoms with Crippen molar-refractivity contribution < 1.29 is 56.5 Å². The van der Waals surface area contributed by atoms with Crippen LogP contribution in [0, 0.1) is 76.7 Å². The monoisotopic (exact) mass is 2120 g/mol. The average molecular weight is 2130 g/mol. The van der Waals surface area contributed by atoms with E-state index < -0.39 is 0 Å². The van der Waals surface area contributed by atoms with Gasteiger partial charge in [-0.25, -0.2) is 19.9 Å². The topological polar surface area (TPSA) is 150 Å². The van der Waals surface area contributed by atoms with Crippen molar-refractivity contribution >= 4 is 152 Å². The van der Waals surface area contributed by atoms with E-state index in [-0.39, 0.29) is 74.7 Å². The van der Waals surface area contributed by atoms with Gasteiger partial charge in [0.1, 0.15) is 0 Å². The Morgan fingerprint density at radius 1 is 0.241 bits per heavy atom. The second kappa shape index (κ2) is 58.7. The Hall–Kier alpha value is -8.46. The van der Waals surface area contributed by atoms with Crippen molar-refractivity contribution in [3.63, 3.8) is 0 Å². The molecule has 0 amide bonds. The van der Waals surface area contributed by atoms with Crippen molar-refractivity contribution in [2.75, 3.05) is 0 Å². The van der Waals surface area contributed by atoms with Gasteiger partial charge < -0.3 is 7.43 Å². The minimum absolute atomic E-state index is 0. The molecule has 12 nitrogen and oxygen atoms in total. The first kappa shape index (κ1) is 121. The van der Waals surface area contributed by atoms with Gasteiger partial charge in [0.05, 0.1) is 137 Å². The molecule has 0 bridgehead atoms. The van der Waals surface area contributed by atoms with Gasteiger partial charge in [-0.2, -0.15) is 0 Å². The molecular formula is C115H139Cl6Fe4N12-. The molecule has 0 aliphatic rings. The quantitative estimate of drug-likeness (QED) is 0.0424. The summed E-state index contributed by atoms with van der Waals surface area (Å²) in [7, 11) is 28.6. The van der Waals surface area contributed by atoms with Crippen molar-refractivity contribution in [1.82, 2.24) is 19.9 Å². The number of rotatable bonds is 20. The fourth-order valence-electron chi connectivity index (χ4n) is 15.5. The van der Waals surface area contributed by atoms with Gasteiger partial charge in [-0.3, -0.25) is 39.9 Å². The van der Waals surface area contributed by atoms with Crippen molar-refractivity contribution in [2.24, 2.45) is 39.9 Å². The van der Waals surface area contributed by atoms with Crippen molar-refractivity contribution in [2.45, 2.75) is 256 Å². The molecule has 0 radical (unpaired) electrons. The zero-order valence-electron chi connectivity index (χ0n) is 86.1. The molecule has 137 heavy (non-hydrogen) atoms. The molecule has 22 heteroatoms. The molecule has 0 aliphatic carbocycles. The van der Waals surface area contributed by atoms with Crippen molar-refractivity contribution in [1.29, 1.82) is 0 Å². The number of halogens is 6. The Labute approximate surface area is 876 Å². The van der Waals surface area contributed by atoms with Crippen LogP contribution in [0.2, 0.25) is 0 Å². The zero-order valence-corrected chi connectivity index (χ0v) is 95.1. The summed E-state index contributed by atoms with van der Waals surface area (Å²) in [4.78, 5) is 59.3. The molecular weight excluding hydrogens is 1990 g/mol. The van der Waals surface area contributed by atoms with Crippen LogP contribution in [-0.2, 0) is 67.3 Å². The molecule has 12 rings (SSSR count). The van der Waals surface area contributed by atoms with Crippen LogP contribution in [0.5, 0.6) is 0 Å². The number of benzene rings is 8. The van der Waals surface area contributed by atoms with Gasteiger partial charge in [0.2, 0.25) is 0 Å². The summed E-state index contributed by atoms with van der Waals surface area (Å²) in [6.45, 7) is 68.4. The number of aromatic nitrogens is 4. The fourth-order valence-corrected chi connectivity index (χ4v) is 15.5. The zero-order chi connectivity index (χ0) is 100. The third-order valence-corrected chi connectivity index (χ3v) is 22.5. The molecule has 0 fully saturated rings. The van der Waals surface area contributed by atoms with Gasteiger partial charge in [-0.15, -0.1) is 0 Å². The molecule has 0 spiro atoms. The summed E-state index contributed by atoms with van der Waals surface area (Å²) < 4.78 is 0. The average Bonchev–Trinajstić information content (AvgIpc) is 0.813. The van der Waals surface area contributed by atoms with E-state index in [9.17, 15) is 0 Å². The van der Waals surface area contributed by atoms with E-state index in [1.807, 2.05) is 120 Å². The molecule has 12 aromatic rings. The number of aryl methyl sites for hydroxylation is 10. The molecule has 0 atom stereocenters. The molecule has 8 aromatic carbocycles. The van der Waals surface area contributed by atoms with Crippen LogP contribution in [0.25, 0.3) is 0 Å². The second-order valence-corrected chi connectivity index (χ2v) is 42.5. The van der Waals surface area contributed by atoms with E-state index in [1.54, 1.807) is 0 Å². The molecule has 0 aliphatic heterocycles. The van der Waals surface area contributed by atoms with Crippen LogP contribution in [0.4, 0.5) is 45.5 Å². The van der Waals surface area contributed by atoms with E-state index in [0.29, 0.717) is 23.7 Å². The fraction of sp³-hybridized carbons (Fsp3) is 0.330. The Morgan fingerprint density at radius 2 is 0.409 bits per heavy atom. The standard InChI is InChI=1S/C33H43N3.C29H35N3.C27H31N3.C25H27N3.CH3.6ClH.4Fe/c1-20(2)26-14-11-15-27(21(3)4)32(26)34-24(9)30-18-13-19-31(36-30)25(10)35-33-28(22(5)6)16-12-17-29(33)23(7)8;1-20(30-26-16-11-9-14-22(26)28(3,4)5)24-18-13-19-25(32-24)21(2)31-27-17-12-10-15-23(27)29(6,7)8;1-16-12-18(3)26(19(4)13-16)28-22(7)24-10-9-11-25(30-24)23(8)29-27-20(5)14-17(2)15-21(27)6;1-16-10-7-11-17(2)24(16)26-20(5)22-14-9-15-23(28-22)21(6)27-25-18(3)12-8-13-19(25)4;;;;;;;;;;;/h11-23H,1-10H3;9-19H,1-8H3;9-15H,1-8H3;7-15H,1-6H3;1H3;6*1H;;;;/q;;;;-1;;;;;;;;3*+2/p-6. The summed E-state index contributed by atoms with van der Waals surface area (Å²) in [5, 5.41) is 0. The second-order valence-electron chi connectivity index (χ2n) is 37.1. The van der Waals surface area contributed by atoms with Gasteiger partial charge in [0.25, 0.3) is 0 Å². The van der Waals surface area contributed by atoms with Crippen LogP contribution < -0.4 is 0 Å². The first-order chi connectivity index (χ1) is 63.7. The third-order valence-electron chi connectivity index (χ3n) is 22.5. The molecule has 0 unspecified atom stereocenters. The van der Waals surface area contributed by atoms with E-state index >= 15 is 0 Å². The van der Waals surface area contributed by atoms with Crippen LogP contribution in [0.3, 0.4) is 0 Å². The third kappa shape index (κ3) is 36.9. The summed E-state index contributed by atoms with van der Waals surface area (Å²) >= 11 is 0.583. The summed E-state index contributed by atoms with van der Waals surface area (Å²) in [6, 6.07) is 75.2. The smallest absolute Gasteiger partial charge is 0 e. The number of pyridine rings is 4. The van der Waals surface area contributed by atoms with E-state index in [2.05, 4.69) is 320 Å². The Kier molecular flexibility index (Phi) is 51.8. The number of aliphatic imine (C=N–C) groups is 8. The largest absolute Gasteiger partial charge is 0 e. The Bertz CT molecular complexity index is 5770. The Morgan fingerprint density at radius 3 is 0.606 bits per heavy atom. The molecule has 0 N–H and O–H groups in total. The summed E-state index contributed by atoms with van der Waals surface area (Å²) in [6.07, 6.45) is 0. The minimum Gasteiger partial charge on any atom is 0 e. The van der Waals surface area contributed by atoms with Crippen LogP contribution in [-0.4, -0.2) is 65.6 Å². The predicted molar refractivity (Wildman–Crippen MR) is 586 cm³/mol. The van der Waals surface area contributed by atoms with Crippen LogP contribution in [0.1, 0.15) is 311 Å². The van der Waals surface area contributed by atoms with Gasteiger partial charge >= 0.3 is 100.0 Å². The van der Waals surface area contributed by atoms with Crippen molar-refractivity contribution in [3.8, 4) is 0 Å². The maximum atomic E-state index is 5.15. The summed E-state index contributed by atoms with van der Waals surface area (Å²) in [5.74, 6) is 1.61. The number of hydrogen-bond donors (Lipinski definition) is 0. The first-order valence-electron chi connectivity index (χ1n) is 45.4. The summed E-state index contributed by atoms with van der Waals surface area (Å²) in [5.41, 5.74) is 42.1. The SMILES string of the molecule is CC(=Nc1c(C(C)C)cccc1C(C)C)c1cccc(C(C)=Nc2c(C(C)C)cccc2C(C)C)n1.CC(=Nc1c(C)cc(C)cc1C)c1cccc(C(C)=Nc2c(C)cc(C)cc2C)n1.CC(=Nc1c(C)cccc1C)c1cccc(C(C)=Nc2c(C)cccc2C)n1.CC(=Nc1ccccc1C(C)(C)C)c1cccc(C(C)=Nc2ccccc2C(C)(C)C)n1.[CH3-].[Cl][Fe][Cl].[Cl][Fe][Cl].[Cl][Fe][Cl].[Fe]. The van der Waals surface area contributed by atoms with E-state index in [0.717, 1.165) is 137 Å². The van der Waals surface area contributed by atoms with E-state index in [4.69, 9.17) is 120 Å². The van der Waals surface area contributed by atoms with Gasteiger partial charge in [0, 0.05) is 17.1 Å². The van der Waals surface area contributed by atoms with E-state index in [1.165, 1.54) is 89.0 Å². The maximum Gasteiger partial charge on any atom is 0 e. The number of para-hydroxylation sites is 6. The van der Waals surface area contributed by atoms with Gasteiger partial charge in [0.15, 0.2) is 0 Å². The van der Waals surface area contributed by atoms with Crippen molar-refractivity contribution in [3.05, 3.63) is 360 Å². The molecule has 4 aromatic heterocycles. The number of hydrogen-bond acceptors (Lipinski definition) is 12. The van der Waals surface area contributed by atoms with Gasteiger partial charge in [-0.1, -0.05) is 266 Å². The first-order valence-corrected chi connectivity index (χ1v) is 54.5. The molecule has 734 valence electrons. The van der Waals surface area contributed by atoms with Crippen LogP contribution >= 0.6 is 60.6 Å². The predicted octanol–water partition coefficient (Wildman–Crippen LogP) is 36.2. The molecule has 0 saturated carbocycles. The normalized spacial score (nSPS) is 12.2. The maximum absolute atomic E-state index is 5.15. The minimum atomic E-state index is 0. The molecule has 0 saturated heterocycles.